The Morgan fingerprint density at radius 2 is 1.81 bits per heavy atom. The van der Waals surface area contributed by atoms with Gasteiger partial charge in [0.1, 0.15) is 5.60 Å². The van der Waals surface area contributed by atoms with Gasteiger partial charge in [-0.25, -0.2) is 4.79 Å². The monoisotopic (exact) mass is 311 g/mol. The van der Waals surface area contributed by atoms with Crippen molar-refractivity contribution in [3.8, 4) is 0 Å². The van der Waals surface area contributed by atoms with Crippen LogP contribution in [-0.2, 0) is 9.53 Å². The summed E-state index contributed by atoms with van der Waals surface area (Å²) in [6.45, 7) is 4.64. The van der Waals surface area contributed by atoms with Crippen LogP contribution in [0.25, 0.3) is 0 Å². The zero-order valence-electron chi connectivity index (χ0n) is 12.2. The van der Waals surface area contributed by atoms with Gasteiger partial charge in [-0.2, -0.15) is 13.2 Å². The van der Waals surface area contributed by atoms with E-state index in [1.807, 2.05) is 0 Å². The number of carbonyl (C=O) groups excluding carboxylic acids is 1. The number of carboxylic acid groups (broad SMARTS) is 1. The molecule has 0 radical (unpaired) electrons. The molecule has 1 saturated heterocycles. The molecule has 0 aliphatic carbocycles. The molecule has 0 aromatic carbocycles. The van der Waals surface area contributed by atoms with E-state index in [0.717, 1.165) is 4.90 Å². The van der Waals surface area contributed by atoms with Gasteiger partial charge in [-0.05, 0) is 33.1 Å². The SMILES string of the molecule is CC(C)(C)OC(=O)N1CC(CC(F)(F)F)CC(C(=O)O)C1. The molecule has 1 rings (SSSR count). The lowest BCUT2D eigenvalue weighted by molar-refractivity contribution is -0.156. The van der Waals surface area contributed by atoms with E-state index in [4.69, 9.17) is 9.84 Å². The Morgan fingerprint density at radius 3 is 2.24 bits per heavy atom. The number of piperidine rings is 1. The van der Waals surface area contributed by atoms with Gasteiger partial charge in [0.25, 0.3) is 0 Å². The number of carbonyl (C=O) groups is 2. The molecule has 1 fully saturated rings. The molecular weight excluding hydrogens is 291 g/mol. The molecule has 21 heavy (non-hydrogen) atoms. The average Bonchev–Trinajstić information content (AvgIpc) is 2.23. The molecule has 122 valence electrons. The van der Waals surface area contributed by atoms with Crippen LogP contribution in [0.2, 0.25) is 0 Å². The van der Waals surface area contributed by atoms with Crippen LogP contribution in [-0.4, -0.2) is 46.9 Å². The van der Waals surface area contributed by atoms with Crippen LogP contribution in [0.5, 0.6) is 0 Å². The minimum absolute atomic E-state index is 0.0891. The number of amides is 1. The summed E-state index contributed by atoms with van der Waals surface area (Å²) in [6.07, 6.45) is -6.35. The topological polar surface area (TPSA) is 66.8 Å². The summed E-state index contributed by atoms with van der Waals surface area (Å²) in [5, 5.41) is 9.03. The first-order valence-electron chi connectivity index (χ1n) is 6.65. The van der Waals surface area contributed by atoms with Gasteiger partial charge >= 0.3 is 18.2 Å². The Labute approximate surface area is 121 Å². The Bertz CT molecular complexity index is 403. The summed E-state index contributed by atoms with van der Waals surface area (Å²) in [5.74, 6) is -3.12. The van der Waals surface area contributed by atoms with Gasteiger partial charge in [-0.3, -0.25) is 4.79 Å². The third-order valence-corrected chi connectivity index (χ3v) is 3.06. The van der Waals surface area contributed by atoms with Crippen molar-refractivity contribution in [3.63, 3.8) is 0 Å². The number of aliphatic carboxylic acids is 1. The maximum atomic E-state index is 12.5. The fourth-order valence-corrected chi connectivity index (χ4v) is 2.33. The Balaban J connectivity index is 2.79. The van der Waals surface area contributed by atoms with Crippen molar-refractivity contribution >= 4 is 12.1 Å². The van der Waals surface area contributed by atoms with Crippen molar-refractivity contribution in [2.75, 3.05) is 13.1 Å². The number of nitrogens with zero attached hydrogens (tertiary/aromatic N) is 1. The smallest absolute Gasteiger partial charge is 0.410 e. The number of ether oxygens (including phenoxy) is 1. The molecule has 1 heterocycles. The second-order valence-electron chi connectivity index (χ2n) is 6.34. The van der Waals surface area contributed by atoms with Crippen LogP contribution in [0.4, 0.5) is 18.0 Å². The van der Waals surface area contributed by atoms with Crippen molar-refractivity contribution in [2.45, 2.75) is 45.4 Å². The maximum absolute atomic E-state index is 12.5. The highest BCUT2D eigenvalue weighted by molar-refractivity contribution is 5.73. The second-order valence-corrected chi connectivity index (χ2v) is 6.34. The highest BCUT2D eigenvalue weighted by atomic mass is 19.4. The lowest BCUT2D eigenvalue weighted by Crippen LogP contribution is -2.48. The van der Waals surface area contributed by atoms with Crippen LogP contribution < -0.4 is 0 Å². The van der Waals surface area contributed by atoms with Gasteiger partial charge in [0.15, 0.2) is 0 Å². The Kier molecular flexibility index (Phi) is 5.11. The van der Waals surface area contributed by atoms with Gasteiger partial charge in [0.05, 0.1) is 5.92 Å². The third-order valence-electron chi connectivity index (χ3n) is 3.06. The summed E-state index contributed by atoms with van der Waals surface area (Å²) in [7, 11) is 0. The second kappa shape index (κ2) is 6.11. The molecule has 0 bridgehead atoms. The number of alkyl halides is 3. The van der Waals surface area contributed by atoms with E-state index in [9.17, 15) is 22.8 Å². The van der Waals surface area contributed by atoms with E-state index in [0.29, 0.717) is 0 Å². The van der Waals surface area contributed by atoms with Crippen LogP contribution in [0, 0.1) is 11.8 Å². The number of likely N-dealkylation sites (tertiary alicyclic amines) is 1. The quantitative estimate of drug-likeness (QED) is 0.851. The van der Waals surface area contributed by atoms with Crippen LogP contribution in [0.15, 0.2) is 0 Å². The fourth-order valence-electron chi connectivity index (χ4n) is 2.33. The predicted molar refractivity (Wildman–Crippen MR) is 67.7 cm³/mol. The van der Waals surface area contributed by atoms with Crippen molar-refractivity contribution < 1.29 is 32.6 Å². The molecule has 0 spiro atoms. The summed E-state index contributed by atoms with van der Waals surface area (Å²) in [6, 6.07) is 0. The van der Waals surface area contributed by atoms with E-state index in [1.165, 1.54) is 0 Å². The lowest BCUT2D eigenvalue weighted by atomic mass is 9.87. The predicted octanol–water partition coefficient (Wildman–Crippen LogP) is 2.90. The molecule has 1 aliphatic heterocycles. The summed E-state index contributed by atoms with van der Waals surface area (Å²) < 4.78 is 42.6. The first-order valence-corrected chi connectivity index (χ1v) is 6.65. The summed E-state index contributed by atoms with van der Waals surface area (Å²) in [5.41, 5.74) is -0.785. The zero-order chi connectivity index (χ0) is 16.4. The number of halogens is 3. The molecule has 2 unspecified atom stereocenters. The van der Waals surface area contributed by atoms with Gasteiger partial charge in [0, 0.05) is 19.5 Å². The molecule has 1 aliphatic rings. The van der Waals surface area contributed by atoms with E-state index >= 15 is 0 Å². The van der Waals surface area contributed by atoms with Crippen LogP contribution in [0.3, 0.4) is 0 Å². The molecule has 0 aromatic heterocycles. The molecule has 0 aromatic rings. The van der Waals surface area contributed by atoms with Crippen molar-refractivity contribution in [2.24, 2.45) is 11.8 Å². The van der Waals surface area contributed by atoms with Crippen molar-refractivity contribution in [1.29, 1.82) is 0 Å². The zero-order valence-corrected chi connectivity index (χ0v) is 12.2. The number of hydrogen-bond acceptors (Lipinski definition) is 3. The van der Waals surface area contributed by atoms with Crippen molar-refractivity contribution in [3.05, 3.63) is 0 Å². The molecule has 1 N–H and O–H groups in total. The molecule has 1 amide bonds. The first-order chi connectivity index (χ1) is 9.37. The Morgan fingerprint density at radius 1 is 1.24 bits per heavy atom. The summed E-state index contributed by atoms with van der Waals surface area (Å²) in [4.78, 5) is 24.0. The highest BCUT2D eigenvalue weighted by Gasteiger charge is 2.40. The van der Waals surface area contributed by atoms with E-state index in [-0.39, 0.29) is 19.5 Å². The number of rotatable bonds is 2. The minimum atomic E-state index is -4.38. The number of hydrogen-bond donors (Lipinski definition) is 1. The summed E-state index contributed by atoms with van der Waals surface area (Å²) >= 11 is 0. The normalized spacial score (nSPS) is 23.8. The standard InChI is InChI=1S/C13H20F3NO4/c1-12(2,3)21-11(20)17-6-8(5-13(14,15)16)4-9(7-17)10(18)19/h8-9H,4-7H2,1-3H3,(H,18,19). The maximum Gasteiger partial charge on any atom is 0.410 e. The minimum Gasteiger partial charge on any atom is -0.481 e. The molecule has 2 atom stereocenters. The van der Waals surface area contributed by atoms with Gasteiger partial charge in [-0.15, -0.1) is 0 Å². The fraction of sp³-hybridized carbons (Fsp3) is 0.846. The average molecular weight is 311 g/mol. The first kappa shape index (κ1) is 17.6. The third kappa shape index (κ3) is 6.22. The Hall–Kier alpha value is -1.47. The number of carboxylic acids is 1. The van der Waals surface area contributed by atoms with Crippen LogP contribution in [0.1, 0.15) is 33.6 Å². The van der Waals surface area contributed by atoms with Gasteiger partial charge in [0.2, 0.25) is 0 Å². The molecule has 8 heteroatoms. The highest BCUT2D eigenvalue weighted by Crippen LogP contribution is 2.33. The van der Waals surface area contributed by atoms with E-state index in [2.05, 4.69) is 0 Å². The largest absolute Gasteiger partial charge is 0.481 e. The molecule has 5 nitrogen and oxygen atoms in total. The molecule has 0 saturated carbocycles. The van der Waals surface area contributed by atoms with Crippen LogP contribution >= 0.6 is 0 Å². The van der Waals surface area contributed by atoms with Gasteiger partial charge < -0.3 is 14.7 Å². The van der Waals surface area contributed by atoms with E-state index < -0.39 is 42.1 Å². The van der Waals surface area contributed by atoms with E-state index in [1.54, 1.807) is 20.8 Å². The van der Waals surface area contributed by atoms with Crippen molar-refractivity contribution in [1.82, 2.24) is 4.90 Å². The van der Waals surface area contributed by atoms with Gasteiger partial charge in [-0.1, -0.05) is 0 Å². The molecular formula is C13H20F3NO4. The lowest BCUT2D eigenvalue weighted by Gasteiger charge is -2.37.